The summed E-state index contributed by atoms with van der Waals surface area (Å²) in [5.41, 5.74) is 3.05. The molecule has 6 nitrogen and oxygen atoms in total. The number of aryl methyl sites for hydroxylation is 1. The number of anilines is 1. The zero-order chi connectivity index (χ0) is 17.1. The van der Waals surface area contributed by atoms with Gasteiger partial charge in [-0.25, -0.2) is 0 Å². The number of pyridine rings is 1. The third kappa shape index (κ3) is 3.41. The zero-order valence-electron chi connectivity index (χ0n) is 13.5. The van der Waals surface area contributed by atoms with Crippen LogP contribution < -0.4 is 4.90 Å². The Labute approximate surface area is 149 Å². The number of benzene rings is 1. The fourth-order valence-corrected chi connectivity index (χ4v) is 3.51. The Morgan fingerprint density at radius 3 is 2.88 bits per heavy atom. The molecular weight excluding hydrogens is 336 g/mol. The van der Waals surface area contributed by atoms with Gasteiger partial charge in [0.15, 0.2) is 0 Å². The Hall–Kier alpha value is -2.67. The number of rotatable bonds is 4. The van der Waals surface area contributed by atoms with Gasteiger partial charge in [-0.15, -0.1) is 10.2 Å². The molecule has 1 amide bonds. The Morgan fingerprint density at radius 1 is 1.16 bits per heavy atom. The predicted molar refractivity (Wildman–Crippen MR) is 95.4 cm³/mol. The summed E-state index contributed by atoms with van der Waals surface area (Å²) in [7, 11) is 0. The van der Waals surface area contributed by atoms with Crippen molar-refractivity contribution in [1.82, 2.24) is 15.2 Å². The second kappa shape index (κ2) is 7.06. The van der Waals surface area contributed by atoms with Gasteiger partial charge in [-0.05, 0) is 36.6 Å². The summed E-state index contributed by atoms with van der Waals surface area (Å²) in [4.78, 5) is 18.4. The van der Waals surface area contributed by atoms with Gasteiger partial charge in [0.05, 0.1) is 5.75 Å². The fourth-order valence-electron chi connectivity index (χ4n) is 2.87. The van der Waals surface area contributed by atoms with Crippen molar-refractivity contribution in [2.24, 2.45) is 0 Å². The van der Waals surface area contributed by atoms with E-state index in [-0.39, 0.29) is 11.7 Å². The molecule has 0 bridgehead atoms. The third-order valence-corrected chi connectivity index (χ3v) is 4.87. The second-order valence-corrected chi connectivity index (χ2v) is 6.60. The number of para-hydroxylation sites is 1. The lowest BCUT2D eigenvalue weighted by Crippen LogP contribution is -2.36. The standard InChI is InChI=1S/C18H16N4O2S/c23-16(22-11-3-5-13-4-1-2-6-15(13)22)12-25-18-21-20-17(24-18)14-7-9-19-10-8-14/h1-2,4,6-10H,3,5,11-12H2. The highest BCUT2D eigenvalue weighted by atomic mass is 32.2. The average molecular weight is 352 g/mol. The summed E-state index contributed by atoms with van der Waals surface area (Å²) in [6, 6.07) is 11.7. The molecule has 0 spiro atoms. The quantitative estimate of drug-likeness (QED) is 0.672. The van der Waals surface area contributed by atoms with Crippen molar-refractivity contribution in [2.45, 2.75) is 18.1 Å². The summed E-state index contributed by atoms with van der Waals surface area (Å²) in [5.74, 6) is 0.758. The molecule has 3 aromatic rings. The minimum atomic E-state index is 0.0563. The molecule has 7 heteroatoms. The summed E-state index contributed by atoms with van der Waals surface area (Å²) in [6.45, 7) is 0.752. The molecule has 25 heavy (non-hydrogen) atoms. The van der Waals surface area contributed by atoms with Gasteiger partial charge in [-0.3, -0.25) is 9.78 Å². The molecule has 1 aliphatic rings. The number of hydrogen-bond acceptors (Lipinski definition) is 6. The van der Waals surface area contributed by atoms with Crippen LogP contribution >= 0.6 is 11.8 Å². The molecule has 1 aliphatic heterocycles. The summed E-state index contributed by atoms with van der Waals surface area (Å²) in [6.07, 6.45) is 5.35. The maximum absolute atomic E-state index is 12.6. The molecule has 0 radical (unpaired) electrons. The van der Waals surface area contributed by atoms with E-state index in [1.54, 1.807) is 24.5 Å². The van der Waals surface area contributed by atoms with Gasteiger partial charge in [-0.1, -0.05) is 30.0 Å². The number of carbonyl (C=O) groups excluding carboxylic acids is 1. The maximum atomic E-state index is 12.6. The lowest BCUT2D eigenvalue weighted by molar-refractivity contribution is -0.116. The van der Waals surface area contributed by atoms with E-state index in [9.17, 15) is 4.79 Å². The summed E-state index contributed by atoms with van der Waals surface area (Å²) < 4.78 is 5.62. The highest BCUT2D eigenvalue weighted by Gasteiger charge is 2.22. The fraction of sp³-hybridized carbons (Fsp3) is 0.222. The number of nitrogens with zero attached hydrogens (tertiary/aromatic N) is 4. The molecule has 1 aromatic carbocycles. The first-order valence-electron chi connectivity index (χ1n) is 8.06. The topological polar surface area (TPSA) is 72.1 Å². The zero-order valence-corrected chi connectivity index (χ0v) is 14.3. The highest BCUT2D eigenvalue weighted by molar-refractivity contribution is 7.99. The first kappa shape index (κ1) is 15.8. The van der Waals surface area contributed by atoms with E-state index in [0.717, 1.165) is 30.6 Å². The number of hydrogen-bond donors (Lipinski definition) is 0. The SMILES string of the molecule is O=C(CSc1nnc(-c2ccncc2)o1)N1CCCc2ccccc21. The van der Waals surface area contributed by atoms with Crippen molar-refractivity contribution >= 4 is 23.4 Å². The van der Waals surface area contributed by atoms with E-state index in [1.165, 1.54) is 17.3 Å². The Bertz CT molecular complexity index is 882. The molecule has 2 aromatic heterocycles. The van der Waals surface area contributed by atoms with E-state index in [1.807, 2.05) is 23.1 Å². The normalized spacial score (nSPS) is 13.5. The van der Waals surface area contributed by atoms with Crippen LogP contribution in [0.2, 0.25) is 0 Å². The number of fused-ring (bicyclic) bond motifs is 1. The van der Waals surface area contributed by atoms with Gasteiger partial charge in [0, 0.05) is 30.2 Å². The molecule has 0 saturated heterocycles. The van der Waals surface area contributed by atoms with Crippen molar-refractivity contribution in [1.29, 1.82) is 0 Å². The third-order valence-electron chi connectivity index (χ3n) is 4.06. The van der Waals surface area contributed by atoms with Gasteiger partial charge in [0.25, 0.3) is 5.22 Å². The van der Waals surface area contributed by atoms with E-state index in [4.69, 9.17) is 4.42 Å². The predicted octanol–water partition coefficient (Wildman–Crippen LogP) is 3.20. The maximum Gasteiger partial charge on any atom is 0.277 e. The Morgan fingerprint density at radius 2 is 2.00 bits per heavy atom. The number of aromatic nitrogens is 3. The minimum Gasteiger partial charge on any atom is -0.411 e. The van der Waals surface area contributed by atoms with Crippen molar-refractivity contribution in [3.05, 3.63) is 54.4 Å². The van der Waals surface area contributed by atoms with Crippen LogP contribution in [-0.4, -0.2) is 33.4 Å². The summed E-state index contributed by atoms with van der Waals surface area (Å²) in [5, 5.41) is 8.43. The van der Waals surface area contributed by atoms with Crippen LogP contribution in [0.15, 0.2) is 58.4 Å². The van der Waals surface area contributed by atoms with Crippen molar-refractivity contribution in [3.8, 4) is 11.5 Å². The molecule has 0 fully saturated rings. The highest BCUT2D eigenvalue weighted by Crippen LogP contribution is 2.28. The lowest BCUT2D eigenvalue weighted by Gasteiger charge is -2.29. The van der Waals surface area contributed by atoms with Gasteiger partial charge >= 0.3 is 0 Å². The van der Waals surface area contributed by atoms with Gasteiger partial charge in [0.2, 0.25) is 11.8 Å². The van der Waals surface area contributed by atoms with Crippen LogP contribution in [0.5, 0.6) is 0 Å². The molecule has 0 N–H and O–H groups in total. The van der Waals surface area contributed by atoms with Crippen molar-refractivity contribution in [2.75, 3.05) is 17.2 Å². The first-order chi connectivity index (χ1) is 12.3. The van der Waals surface area contributed by atoms with Crippen LogP contribution in [0.1, 0.15) is 12.0 Å². The smallest absolute Gasteiger partial charge is 0.277 e. The first-order valence-corrected chi connectivity index (χ1v) is 9.05. The molecule has 0 atom stereocenters. The van der Waals surface area contributed by atoms with Gasteiger partial charge in [-0.2, -0.15) is 0 Å². The summed E-state index contributed by atoms with van der Waals surface area (Å²) >= 11 is 1.27. The Kier molecular flexibility index (Phi) is 4.47. The number of thioether (sulfide) groups is 1. The molecule has 0 aliphatic carbocycles. The van der Waals surface area contributed by atoms with Crippen LogP contribution in [0.4, 0.5) is 5.69 Å². The van der Waals surface area contributed by atoms with Gasteiger partial charge < -0.3 is 9.32 Å². The molecule has 126 valence electrons. The van der Waals surface area contributed by atoms with Gasteiger partial charge in [0.1, 0.15) is 0 Å². The van der Waals surface area contributed by atoms with E-state index < -0.39 is 0 Å². The molecule has 0 saturated carbocycles. The van der Waals surface area contributed by atoms with E-state index >= 15 is 0 Å². The molecule has 0 unspecified atom stereocenters. The van der Waals surface area contributed by atoms with E-state index in [0.29, 0.717) is 11.1 Å². The number of amides is 1. The second-order valence-electron chi connectivity index (χ2n) is 5.68. The van der Waals surface area contributed by atoms with Crippen molar-refractivity contribution in [3.63, 3.8) is 0 Å². The van der Waals surface area contributed by atoms with Crippen LogP contribution in [-0.2, 0) is 11.2 Å². The minimum absolute atomic E-state index is 0.0563. The van der Waals surface area contributed by atoms with Crippen LogP contribution in [0.3, 0.4) is 0 Å². The van der Waals surface area contributed by atoms with Crippen molar-refractivity contribution < 1.29 is 9.21 Å². The average Bonchev–Trinajstić information content (AvgIpc) is 3.15. The lowest BCUT2D eigenvalue weighted by atomic mass is 10.0. The van der Waals surface area contributed by atoms with Crippen LogP contribution in [0.25, 0.3) is 11.5 Å². The number of carbonyl (C=O) groups is 1. The molecule has 4 rings (SSSR count). The molecule has 3 heterocycles. The van der Waals surface area contributed by atoms with Crippen LogP contribution in [0, 0.1) is 0 Å². The largest absolute Gasteiger partial charge is 0.411 e. The Balaban J connectivity index is 1.42. The monoisotopic (exact) mass is 352 g/mol. The molecular formula is C18H16N4O2S. The van der Waals surface area contributed by atoms with E-state index in [2.05, 4.69) is 21.2 Å².